The van der Waals surface area contributed by atoms with Crippen LogP contribution in [0.5, 0.6) is 17.2 Å². The highest BCUT2D eigenvalue weighted by Gasteiger charge is 2.14. The van der Waals surface area contributed by atoms with Crippen LogP contribution in [0, 0.1) is 6.92 Å². The third kappa shape index (κ3) is 4.62. The molecule has 4 nitrogen and oxygen atoms in total. The fourth-order valence-electron chi connectivity index (χ4n) is 4.10. The summed E-state index contributed by atoms with van der Waals surface area (Å²) in [6.45, 7) is 3.17. The summed E-state index contributed by atoms with van der Waals surface area (Å²) in [5.74, 6) is 2.28. The van der Waals surface area contributed by atoms with Crippen molar-refractivity contribution in [3.63, 3.8) is 0 Å². The molecule has 0 bridgehead atoms. The second-order valence-electron chi connectivity index (χ2n) is 8.25. The highest BCUT2D eigenvalue weighted by Crippen LogP contribution is 2.37. The Morgan fingerprint density at radius 3 is 2.03 bits per heavy atom. The van der Waals surface area contributed by atoms with Gasteiger partial charge in [0, 0.05) is 22.2 Å². The molecule has 5 rings (SSSR count). The van der Waals surface area contributed by atoms with Gasteiger partial charge in [0.05, 0.1) is 7.11 Å². The molecule has 1 heterocycles. The first-order valence-corrected chi connectivity index (χ1v) is 11.4. The highest BCUT2D eigenvalue weighted by molar-refractivity contribution is 5.91. The summed E-state index contributed by atoms with van der Waals surface area (Å²) in [5, 5.41) is 1.14. The minimum atomic E-state index is 0.494. The summed E-state index contributed by atoms with van der Waals surface area (Å²) in [7, 11) is 1.67. The number of hydrogen-bond acceptors (Lipinski definition) is 3. The standard InChI is InChI=1S/C30H27NO3/c1-21-26-18-25(33-19-22-9-5-3-6-10-22)14-15-27(26)31-30(21)24-13-16-28(29(17-24)32-2)34-20-23-11-7-4-8-12-23/h3-18,31H,19-20H2,1-2H3. The van der Waals surface area contributed by atoms with Crippen molar-refractivity contribution < 1.29 is 14.2 Å². The molecule has 5 aromatic rings. The van der Waals surface area contributed by atoms with Gasteiger partial charge in [0.1, 0.15) is 19.0 Å². The Labute approximate surface area is 199 Å². The van der Waals surface area contributed by atoms with Crippen LogP contribution >= 0.6 is 0 Å². The van der Waals surface area contributed by atoms with E-state index in [-0.39, 0.29) is 0 Å². The van der Waals surface area contributed by atoms with E-state index in [0.717, 1.165) is 44.8 Å². The first-order valence-electron chi connectivity index (χ1n) is 11.4. The summed E-state index contributed by atoms with van der Waals surface area (Å²) in [4.78, 5) is 3.56. The number of aryl methyl sites for hydroxylation is 1. The van der Waals surface area contributed by atoms with Crippen molar-refractivity contribution in [2.24, 2.45) is 0 Å². The maximum Gasteiger partial charge on any atom is 0.161 e. The van der Waals surface area contributed by atoms with Crippen LogP contribution in [0.2, 0.25) is 0 Å². The number of benzene rings is 4. The molecule has 0 saturated carbocycles. The number of H-pyrrole nitrogens is 1. The van der Waals surface area contributed by atoms with E-state index in [2.05, 4.69) is 42.2 Å². The largest absolute Gasteiger partial charge is 0.493 e. The van der Waals surface area contributed by atoms with Gasteiger partial charge in [0.2, 0.25) is 0 Å². The van der Waals surface area contributed by atoms with Crippen molar-refractivity contribution in [1.82, 2.24) is 4.98 Å². The number of ether oxygens (including phenoxy) is 3. The predicted octanol–water partition coefficient (Wildman–Crippen LogP) is 7.31. The quantitative estimate of drug-likeness (QED) is 0.270. The fourth-order valence-corrected chi connectivity index (χ4v) is 4.10. The lowest BCUT2D eigenvalue weighted by molar-refractivity contribution is 0.284. The molecule has 0 aliphatic rings. The van der Waals surface area contributed by atoms with Crippen LogP contribution in [-0.4, -0.2) is 12.1 Å². The number of aromatic nitrogens is 1. The van der Waals surface area contributed by atoms with Crippen LogP contribution in [0.25, 0.3) is 22.2 Å². The van der Waals surface area contributed by atoms with Gasteiger partial charge in [-0.05, 0) is 60.0 Å². The van der Waals surface area contributed by atoms with Crippen molar-refractivity contribution in [1.29, 1.82) is 0 Å². The van der Waals surface area contributed by atoms with Gasteiger partial charge in [0.25, 0.3) is 0 Å². The average Bonchev–Trinajstić information content (AvgIpc) is 3.23. The predicted molar refractivity (Wildman–Crippen MR) is 137 cm³/mol. The molecule has 0 radical (unpaired) electrons. The van der Waals surface area contributed by atoms with E-state index >= 15 is 0 Å². The third-order valence-electron chi connectivity index (χ3n) is 5.97. The normalized spacial score (nSPS) is 10.9. The van der Waals surface area contributed by atoms with E-state index < -0.39 is 0 Å². The van der Waals surface area contributed by atoms with E-state index in [9.17, 15) is 0 Å². The summed E-state index contributed by atoms with van der Waals surface area (Å²) in [5.41, 5.74) is 6.61. The smallest absolute Gasteiger partial charge is 0.161 e. The van der Waals surface area contributed by atoms with Crippen molar-refractivity contribution in [2.75, 3.05) is 7.11 Å². The van der Waals surface area contributed by atoms with Gasteiger partial charge < -0.3 is 19.2 Å². The van der Waals surface area contributed by atoms with Crippen LogP contribution in [0.3, 0.4) is 0 Å². The van der Waals surface area contributed by atoms with Crippen LogP contribution < -0.4 is 14.2 Å². The van der Waals surface area contributed by atoms with E-state index in [1.165, 1.54) is 5.56 Å². The minimum absolute atomic E-state index is 0.494. The number of rotatable bonds is 8. The molecule has 0 unspecified atom stereocenters. The summed E-state index contributed by atoms with van der Waals surface area (Å²) in [6, 6.07) is 32.5. The second kappa shape index (κ2) is 9.75. The molecule has 1 N–H and O–H groups in total. The van der Waals surface area contributed by atoms with Crippen molar-refractivity contribution in [2.45, 2.75) is 20.1 Å². The molecule has 0 saturated heterocycles. The molecule has 0 spiro atoms. The van der Waals surface area contributed by atoms with Crippen LogP contribution in [0.15, 0.2) is 97.1 Å². The second-order valence-corrected chi connectivity index (χ2v) is 8.25. The van der Waals surface area contributed by atoms with Gasteiger partial charge in [-0.1, -0.05) is 60.7 Å². The Bertz CT molecular complexity index is 1390. The zero-order valence-electron chi connectivity index (χ0n) is 19.4. The van der Waals surface area contributed by atoms with Crippen LogP contribution in [0.1, 0.15) is 16.7 Å². The minimum Gasteiger partial charge on any atom is -0.493 e. The molecule has 34 heavy (non-hydrogen) atoms. The first kappa shape index (κ1) is 21.7. The van der Waals surface area contributed by atoms with Crippen LogP contribution in [-0.2, 0) is 13.2 Å². The number of aromatic amines is 1. The van der Waals surface area contributed by atoms with E-state index in [0.29, 0.717) is 19.0 Å². The van der Waals surface area contributed by atoms with Gasteiger partial charge >= 0.3 is 0 Å². The van der Waals surface area contributed by atoms with Crippen molar-refractivity contribution in [3.05, 3.63) is 114 Å². The molecule has 1 aromatic heterocycles. The fraction of sp³-hybridized carbons (Fsp3) is 0.133. The summed E-state index contributed by atoms with van der Waals surface area (Å²) < 4.78 is 17.7. The Kier molecular flexibility index (Phi) is 6.21. The Morgan fingerprint density at radius 1 is 0.676 bits per heavy atom. The average molecular weight is 450 g/mol. The molecule has 0 atom stereocenters. The lowest BCUT2D eigenvalue weighted by atomic mass is 10.1. The van der Waals surface area contributed by atoms with Gasteiger partial charge in [-0.2, -0.15) is 0 Å². The van der Waals surface area contributed by atoms with Gasteiger partial charge in [-0.3, -0.25) is 0 Å². The van der Waals surface area contributed by atoms with Gasteiger partial charge in [-0.25, -0.2) is 0 Å². The number of fused-ring (bicyclic) bond motifs is 1. The molecule has 0 fully saturated rings. The Hall–Kier alpha value is -4.18. The van der Waals surface area contributed by atoms with Crippen molar-refractivity contribution in [3.8, 4) is 28.5 Å². The molecule has 0 amide bonds. The Balaban J connectivity index is 1.38. The number of hydrogen-bond donors (Lipinski definition) is 1. The third-order valence-corrected chi connectivity index (χ3v) is 5.97. The number of nitrogens with one attached hydrogen (secondary N) is 1. The summed E-state index contributed by atoms with van der Waals surface area (Å²) in [6.07, 6.45) is 0. The van der Waals surface area contributed by atoms with E-state index in [1.807, 2.05) is 66.7 Å². The number of methoxy groups -OCH3 is 1. The topological polar surface area (TPSA) is 43.5 Å². The lowest BCUT2D eigenvalue weighted by Crippen LogP contribution is -1.98. The van der Waals surface area contributed by atoms with E-state index in [1.54, 1.807) is 7.11 Å². The maximum absolute atomic E-state index is 6.04. The zero-order chi connectivity index (χ0) is 23.3. The SMILES string of the molecule is COc1cc(-c2[nH]c3ccc(OCc4ccccc4)cc3c2C)ccc1OCc1ccccc1. The molecule has 4 aromatic carbocycles. The molecule has 0 aliphatic carbocycles. The lowest BCUT2D eigenvalue weighted by Gasteiger charge is -2.12. The van der Waals surface area contributed by atoms with Crippen molar-refractivity contribution >= 4 is 10.9 Å². The van der Waals surface area contributed by atoms with E-state index in [4.69, 9.17) is 14.2 Å². The van der Waals surface area contributed by atoms with Crippen LogP contribution in [0.4, 0.5) is 0 Å². The maximum atomic E-state index is 6.04. The molecular formula is C30H27NO3. The molecule has 4 heteroatoms. The monoisotopic (exact) mass is 449 g/mol. The first-order chi connectivity index (χ1) is 16.7. The van der Waals surface area contributed by atoms with Gasteiger partial charge in [-0.15, -0.1) is 0 Å². The highest BCUT2D eigenvalue weighted by atomic mass is 16.5. The molecule has 170 valence electrons. The molecular weight excluding hydrogens is 422 g/mol. The summed E-state index contributed by atoms with van der Waals surface area (Å²) >= 11 is 0. The zero-order valence-corrected chi connectivity index (χ0v) is 19.4. The Morgan fingerprint density at radius 2 is 1.35 bits per heavy atom. The van der Waals surface area contributed by atoms with Gasteiger partial charge in [0.15, 0.2) is 11.5 Å². The molecule has 0 aliphatic heterocycles.